The lowest BCUT2D eigenvalue weighted by molar-refractivity contribution is -0.109. The van der Waals surface area contributed by atoms with Gasteiger partial charge in [-0.15, -0.1) is 10.2 Å². The van der Waals surface area contributed by atoms with Crippen LogP contribution in [0, 0.1) is 0 Å². The summed E-state index contributed by atoms with van der Waals surface area (Å²) < 4.78 is 0. The van der Waals surface area contributed by atoms with Crippen LogP contribution in [0.1, 0.15) is 36.7 Å². The lowest BCUT2D eigenvalue weighted by atomic mass is 10.0. The SMILES string of the molecule is CCNC(=O)c1ccc(N2CCCCC2C=O)nn1. The molecule has 1 atom stereocenters. The second-order valence-electron chi connectivity index (χ2n) is 4.53. The van der Waals surface area contributed by atoms with E-state index in [0.29, 0.717) is 18.1 Å². The predicted octanol–water partition coefficient (Wildman–Crippen LogP) is 0.784. The average Bonchev–Trinajstić information content (AvgIpc) is 2.47. The van der Waals surface area contributed by atoms with Crippen molar-refractivity contribution >= 4 is 18.0 Å². The zero-order valence-corrected chi connectivity index (χ0v) is 11.0. The first-order valence-electron chi connectivity index (χ1n) is 6.60. The molecule has 0 saturated carbocycles. The van der Waals surface area contributed by atoms with Gasteiger partial charge in [0, 0.05) is 13.1 Å². The van der Waals surface area contributed by atoms with Crippen LogP contribution in [0.5, 0.6) is 0 Å². The number of aromatic nitrogens is 2. The van der Waals surface area contributed by atoms with Crippen molar-refractivity contribution in [2.75, 3.05) is 18.0 Å². The normalized spacial score (nSPS) is 19.0. The van der Waals surface area contributed by atoms with E-state index in [2.05, 4.69) is 15.5 Å². The molecular formula is C13H18N4O2. The molecule has 1 fully saturated rings. The maximum atomic E-state index is 11.6. The van der Waals surface area contributed by atoms with Gasteiger partial charge in [0.15, 0.2) is 11.5 Å². The van der Waals surface area contributed by atoms with Crippen LogP contribution < -0.4 is 10.2 Å². The number of carbonyl (C=O) groups excluding carboxylic acids is 2. The van der Waals surface area contributed by atoms with Crippen LogP contribution >= 0.6 is 0 Å². The first-order valence-corrected chi connectivity index (χ1v) is 6.60. The molecule has 2 heterocycles. The number of amides is 1. The fraction of sp³-hybridized carbons (Fsp3) is 0.538. The largest absolute Gasteiger partial charge is 0.351 e. The molecule has 1 N–H and O–H groups in total. The molecule has 1 aromatic heterocycles. The minimum Gasteiger partial charge on any atom is -0.351 e. The Bertz CT molecular complexity index is 446. The number of aldehydes is 1. The fourth-order valence-electron chi connectivity index (χ4n) is 2.23. The molecule has 6 nitrogen and oxygen atoms in total. The van der Waals surface area contributed by atoms with Gasteiger partial charge in [-0.25, -0.2) is 0 Å². The van der Waals surface area contributed by atoms with E-state index in [-0.39, 0.29) is 11.9 Å². The number of rotatable bonds is 4. The first-order chi connectivity index (χ1) is 9.26. The van der Waals surface area contributed by atoms with Gasteiger partial charge in [-0.3, -0.25) is 4.79 Å². The molecule has 1 amide bonds. The Morgan fingerprint density at radius 1 is 1.47 bits per heavy atom. The summed E-state index contributed by atoms with van der Waals surface area (Å²) in [6, 6.07) is 3.27. The quantitative estimate of drug-likeness (QED) is 0.812. The summed E-state index contributed by atoms with van der Waals surface area (Å²) in [7, 11) is 0. The van der Waals surface area contributed by atoms with Crippen LogP contribution in [0.25, 0.3) is 0 Å². The number of hydrogen-bond donors (Lipinski definition) is 1. The van der Waals surface area contributed by atoms with Gasteiger partial charge in [-0.2, -0.15) is 0 Å². The summed E-state index contributed by atoms with van der Waals surface area (Å²) in [5.74, 6) is 0.428. The summed E-state index contributed by atoms with van der Waals surface area (Å²) in [5, 5.41) is 10.7. The van der Waals surface area contributed by atoms with Crippen molar-refractivity contribution in [3.8, 4) is 0 Å². The van der Waals surface area contributed by atoms with Gasteiger partial charge < -0.3 is 15.0 Å². The summed E-state index contributed by atoms with van der Waals surface area (Å²) in [6.07, 6.45) is 3.91. The number of nitrogens with one attached hydrogen (secondary N) is 1. The van der Waals surface area contributed by atoms with Gasteiger partial charge in [0.25, 0.3) is 5.91 Å². The summed E-state index contributed by atoms with van der Waals surface area (Å²) in [5.41, 5.74) is 0.297. The number of hydrogen-bond acceptors (Lipinski definition) is 5. The average molecular weight is 262 g/mol. The molecule has 102 valence electrons. The van der Waals surface area contributed by atoms with Crippen molar-refractivity contribution in [1.82, 2.24) is 15.5 Å². The highest BCUT2D eigenvalue weighted by Crippen LogP contribution is 2.21. The van der Waals surface area contributed by atoms with E-state index in [9.17, 15) is 9.59 Å². The molecule has 0 bridgehead atoms. The molecule has 2 rings (SSSR count). The minimum atomic E-state index is -0.230. The van der Waals surface area contributed by atoms with Crippen molar-refractivity contribution < 1.29 is 9.59 Å². The number of piperidine rings is 1. The molecule has 0 radical (unpaired) electrons. The van der Waals surface area contributed by atoms with Crippen LogP contribution in [0.15, 0.2) is 12.1 Å². The van der Waals surface area contributed by atoms with E-state index in [0.717, 1.165) is 32.1 Å². The van der Waals surface area contributed by atoms with E-state index >= 15 is 0 Å². The Morgan fingerprint density at radius 3 is 2.95 bits per heavy atom. The minimum absolute atomic E-state index is 0.127. The van der Waals surface area contributed by atoms with Crippen LogP contribution in [0.4, 0.5) is 5.82 Å². The highest BCUT2D eigenvalue weighted by atomic mass is 16.1. The molecule has 0 aromatic carbocycles. The third kappa shape index (κ3) is 3.07. The topological polar surface area (TPSA) is 75.2 Å². The van der Waals surface area contributed by atoms with E-state index < -0.39 is 0 Å². The highest BCUT2D eigenvalue weighted by Gasteiger charge is 2.23. The van der Waals surface area contributed by atoms with Gasteiger partial charge >= 0.3 is 0 Å². The van der Waals surface area contributed by atoms with E-state index in [1.54, 1.807) is 12.1 Å². The molecule has 19 heavy (non-hydrogen) atoms. The number of nitrogens with zero attached hydrogens (tertiary/aromatic N) is 3. The maximum Gasteiger partial charge on any atom is 0.271 e. The van der Waals surface area contributed by atoms with Crippen molar-refractivity contribution in [3.05, 3.63) is 17.8 Å². The van der Waals surface area contributed by atoms with Crippen molar-refractivity contribution in [1.29, 1.82) is 0 Å². The lowest BCUT2D eigenvalue weighted by Gasteiger charge is -2.32. The van der Waals surface area contributed by atoms with Crippen molar-refractivity contribution in [3.63, 3.8) is 0 Å². The molecule has 0 aliphatic carbocycles. The Kier molecular flexibility index (Phi) is 4.43. The second-order valence-corrected chi connectivity index (χ2v) is 4.53. The molecule has 1 unspecified atom stereocenters. The second kappa shape index (κ2) is 6.26. The fourth-order valence-corrected chi connectivity index (χ4v) is 2.23. The molecule has 1 aromatic rings. The van der Waals surface area contributed by atoms with Crippen LogP contribution in [0.2, 0.25) is 0 Å². The Balaban J connectivity index is 2.12. The molecule has 1 aliphatic heterocycles. The van der Waals surface area contributed by atoms with Gasteiger partial charge in [0.05, 0.1) is 6.04 Å². The number of anilines is 1. The molecule has 0 spiro atoms. The van der Waals surface area contributed by atoms with Crippen molar-refractivity contribution in [2.24, 2.45) is 0 Å². The Hall–Kier alpha value is -1.98. The Labute approximate surface area is 112 Å². The lowest BCUT2D eigenvalue weighted by Crippen LogP contribution is -2.41. The predicted molar refractivity (Wildman–Crippen MR) is 71.1 cm³/mol. The first kappa shape index (κ1) is 13.5. The van der Waals surface area contributed by atoms with Crippen LogP contribution in [-0.4, -0.2) is 41.5 Å². The third-order valence-electron chi connectivity index (χ3n) is 3.22. The van der Waals surface area contributed by atoms with Crippen LogP contribution in [0.3, 0.4) is 0 Å². The van der Waals surface area contributed by atoms with Crippen LogP contribution in [-0.2, 0) is 4.79 Å². The number of carbonyl (C=O) groups is 2. The third-order valence-corrected chi connectivity index (χ3v) is 3.22. The van der Waals surface area contributed by atoms with E-state index in [1.807, 2.05) is 11.8 Å². The van der Waals surface area contributed by atoms with Gasteiger partial charge in [0.1, 0.15) is 6.29 Å². The summed E-state index contributed by atoms with van der Waals surface area (Å²) in [4.78, 5) is 24.6. The smallest absolute Gasteiger partial charge is 0.271 e. The molecule has 1 saturated heterocycles. The Morgan fingerprint density at radius 2 is 2.32 bits per heavy atom. The maximum absolute atomic E-state index is 11.6. The van der Waals surface area contributed by atoms with Gasteiger partial charge in [-0.1, -0.05) is 0 Å². The zero-order chi connectivity index (χ0) is 13.7. The molecule has 6 heteroatoms. The summed E-state index contributed by atoms with van der Waals surface area (Å²) >= 11 is 0. The van der Waals surface area contributed by atoms with E-state index in [1.165, 1.54) is 0 Å². The van der Waals surface area contributed by atoms with E-state index in [4.69, 9.17) is 0 Å². The van der Waals surface area contributed by atoms with Gasteiger partial charge in [0.2, 0.25) is 0 Å². The standard InChI is InChI=1S/C13H18N4O2/c1-2-14-13(19)11-6-7-12(16-15-11)17-8-4-3-5-10(17)9-18/h6-7,9-10H,2-5,8H2,1H3,(H,14,19). The van der Waals surface area contributed by atoms with Crippen molar-refractivity contribution in [2.45, 2.75) is 32.2 Å². The summed E-state index contributed by atoms with van der Waals surface area (Å²) in [6.45, 7) is 3.21. The highest BCUT2D eigenvalue weighted by molar-refractivity contribution is 5.92. The molecule has 1 aliphatic rings. The monoisotopic (exact) mass is 262 g/mol. The van der Waals surface area contributed by atoms with Gasteiger partial charge in [-0.05, 0) is 38.3 Å². The molecular weight excluding hydrogens is 244 g/mol. The zero-order valence-electron chi connectivity index (χ0n) is 11.0.